The van der Waals surface area contributed by atoms with E-state index in [1.807, 2.05) is 12.3 Å². The minimum Gasteiger partial charge on any atom is -0.334 e. The summed E-state index contributed by atoms with van der Waals surface area (Å²) >= 11 is 0. The molecule has 3 saturated heterocycles. The molecule has 5 nitrogen and oxygen atoms in total. The van der Waals surface area contributed by atoms with Crippen LogP contribution in [0.1, 0.15) is 50.5 Å². The van der Waals surface area contributed by atoms with E-state index in [1.165, 1.54) is 45.2 Å². The van der Waals surface area contributed by atoms with E-state index in [1.54, 1.807) is 6.20 Å². The second kappa shape index (κ2) is 7.73. The highest BCUT2D eigenvalue weighted by Gasteiger charge is 2.36. The molecule has 0 unspecified atom stereocenters. The Balaban J connectivity index is 1.45. The Morgan fingerprint density at radius 1 is 1.20 bits per heavy atom. The summed E-state index contributed by atoms with van der Waals surface area (Å²) in [6, 6.07) is 4.86. The van der Waals surface area contributed by atoms with Crippen LogP contribution in [0.15, 0.2) is 24.5 Å². The van der Waals surface area contributed by atoms with E-state index >= 15 is 0 Å². The van der Waals surface area contributed by atoms with E-state index < -0.39 is 0 Å². The standard InChI is InChI=1S/C20H30N4O/c25-20(22-19-15-23-11-8-17(19)9-12-23)24(18-6-2-1-3-7-18)14-16-5-4-10-21-13-16/h4-5,10,13,17-19H,1-3,6-9,11-12,14-15H2,(H,22,25)/t19-/m1/s1. The topological polar surface area (TPSA) is 48.5 Å². The Kier molecular flexibility index (Phi) is 5.20. The Bertz CT molecular complexity index is 564. The summed E-state index contributed by atoms with van der Waals surface area (Å²) in [5.74, 6) is 0.667. The summed E-state index contributed by atoms with van der Waals surface area (Å²) in [7, 11) is 0. The lowest BCUT2D eigenvalue weighted by Crippen LogP contribution is -2.60. The predicted molar refractivity (Wildman–Crippen MR) is 98.1 cm³/mol. The van der Waals surface area contributed by atoms with Gasteiger partial charge in [-0.2, -0.15) is 0 Å². The summed E-state index contributed by atoms with van der Waals surface area (Å²) in [6.45, 7) is 4.12. The Morgan fingerprint density at radius 3 is 2.64 bits per heavy atom. The highest BCUT2D eigenvalue weighted by Crippen LogP contribution is 2.29. The Labute approximate surface area is 150 Å². The van der Waals surface area contributed by atoms with Crippen LogP contribution in [0, 0.1) is 5.92 Å². The quantitative estimate of drug-likeness (QED) is 0.915. The molecule has 4 heterocycles. The second-order valence-electron chi connectivity index (χ2n) is 7.98. The number of pyridine rings is 1. The summed E-state index contributed by atoms with van der Waals surface area (Å²) in [5.41, 5.74) is 1.12. The molecule has 136 valence electrons. The fourth-order valence-corrected chi connectivity index (χ4v) is 4.82. The summed E-state index contributed by atoms with van der Waals surface area (Å²) in [6.07, 6.45) is 12.2. The molecule has 0 spiro atoms. The fraction of sp³-hybridized carbons (Fsp3) is 0.700. The minimum absolute atomic E-state index is 0.134. The van der Waals surface area contributed by atoms with Gasteiger partial charge in [0.2, 0.25) is 0 Å². The summed E-state index contributed by atoms with van der Waals surface area (Å²) in [5, 5.41) is 3.39. The molecule has 1 aliphatic carbocycles. The maximum atomic E-state index is 13.2. The molecule has 25 heavy (non-hydrogen) atoms. The lowest BCUT2D eigenvalue weighted by Gasteiger charge is -2.46. The number of fused-ring (bicyclic) bond motifs is 3. The highest BCUT2D eigenvalue weighted by atomic mass is 16.2. The first-order valence-corrected chi connectivity index (χ1v) is 9.98. The van der Waals surface area contributed by atoms with Crippen molar-refractivity contribution in [3.8, 4) is 0 Å². The van der Waals surface area contributed by atoms with Crippen molar-refractivity contribution in [3.05, 3.63) is 30.1 Å². The second-order valence-corrected chi connectivity index (χ2v) is 7.98. The molecular formula is C20H30N4O. The number of aromatic nitrogens is 1. The minimum atomic E-state index is 0.134. The first-order chi connectivity index (χ1) is 12.3. The lowest BCUT2D eigenvalue weighted by atomic mass is 9.84. The van der Waals surface area contributed by atoms with Crippen LogP contribution in [-0.2, 0) is 6.54 Å². The third kappa shape index (κ3) is 3.97. The van der Waals surface area contributed by atoms with Crippen molar-refractivity contribution < 1.29 is 4.79 Å². The normalized spacial score (nSPS) is 29.4. The molecule has 0 aromatic carbocycles. The Morgan fingerprint density at radius 2 is 2.00 bits per heavy atom. The van der Waals surface area contributed by atoms with E-state index in [0.717, 1.165) is 24.9 Å². The number of carbonyl (C=O) groups excluding carboxylic acids is 1. The van der Waals surface area contributed by atoms with Gasteiger partial charge in [0.1, 0.15) is 0 Å². The van der Waals surface area contributed by atoms with Crippen LogP contribution >= 0.6 is 0 Å². The molecule has 2 bridgehead atoms. The van der Waals surface area contributed by atoms with Crippen molar-refractivity contribution in [2.75, 3.05) is 19.6 Å². The van der Waals surface area contributed by atoms with Gasteiger partial charge in [-0.1, -0.05) is 25.3 Å². The average Bonchev–Trinajstić information content (AvgIpc) is 2.68. The monoisotopic (exact) mass is 342 g/mol. The zero-order valence-corrected chi connectivity index (χ0v) is 15.1. The zero-order chi connectivity index (χ0) is 17.1. The number of urea groups is 1. The van der Waals surface area contributed by atoms with Gasteiger partial charge >= 0.3 is 6.03 Å². The first kappa shape index (κ1) is 16.8. The van der Waals surface area contributed by atoms with Crippen LogP contribution in [0.2, 0.25) is 0 Å². The number of carbonyl (C=O) groups is 1. The van der Waals surface area contributed by atoms with Gasteiger partial charge in [0.25, 0.3) is 0 Å². The number of hydrogen-bond acceptors (Lipinski definition) is 3. The molecule has 1 N–H and O–H groups in total. The third-order valence-electron chi connectivity index (χ3n) is 6.32. The van der Waals surface area contributed by atoms with Gasteiger partial charge in [-0.3, -0.25) is 4.98 Å². The first-order valence-electron chi connectivity index (χ1n) is 9.98. The maximum Gasteiger partial charge on any atom is 0.318 e. The number of nitrogens with zero attached hydrogens (tertiary/aromatic N) is 3. The molecular weight excluding hydrogens is 312 g/mol. The molecule has 1 saturated carbocycles. The number of rotatable bonds is 4. The van der Waals surface area contributed by atoms with Gasteiger partial charge in [-0.05, 0) is 56.3 Å². The predicted octanol–water partition coefficient (Wildman–Crippen LogP) is 3.02. The van der Waals surface area contributed by atoms with Crippen molar-refractivity contribution in [3.63, 3.8) is 0 Å². The molecule has 5 heteroatoms. The molecule has 3 aliphatic heterocycles. The molecule has 5 rings (SSSR count). The SMILES string of the molecule is O=C(N[C@@H]1CN2CCC1CC2)N(Cc1cccnc1)C1CCCCC1. The van der Waals surface area contributed by atoms with Gasteiger partial charge in [0.05, 0.1) is 0 Å². The molecule has 1 aromatic rings. The third-order valence-corrected chi connectivity index (χ3v) is 6.32. The largest absolute Gasteiger partial charge is 0.334 e. The van der Waals surface area contributed by atoms with Crippen LogP contribution < -0.4 is 5.32 Å². The van der Waals surface area contributed by atoms with Crippen molar-refractivity contribution in [1.29, 1.82) is 0 Å². The number of piperidine rings is 3. The summed E-state index contributed by atoms with van der Waals surface area (Å²) < 4.78 is 0. The molecule has 4 fully saturated rings. The van der Waals surface area contributed by atoms with E-state index in [-0.39, 0.29) is 6.03 Å². The van der Waals surface area contributed by atoms with E-state index in [4.69, 9.17) is 0 Å². The molecule has 4 aliphatic rings. The van der Waals surface area contributed by atoms with E-state index in [2.05, 4.69) is 26.2 Å². The number of nitrogens with one attached hydrogen (secondary N) is 1. The number of hydrogen-bond donors (Lipinski definition) is 1. The van der Waals surface area contributed by atoms with E-state index in [9.17, 15) is 4.79 Å². The molecule has 1 aromatic heterocycles. The lowest BCUT2D eigenvalue weighted by molar-refractivity contribution is 0.0691. The van der Waals surface area contributed by atoms with Crippen molar-refractivity contribution in [2.24, 2.45) is 5.92 Å². The van der Waals surface area contributed by atoms with Crippen LogP contribution in [0.5, 0.6) is 0 Å². The number of amides is 2. The van der Waals surface area contributed by atoms with Gasteiger partial charge in [-0.15, -0.1) is 0 Å². The maximum absolute atomic E-state index is 13.2. The van der Waals surface area contributed by atoms with Crippen molar-refractivity contribution in [2.45, 2.75) is 63.6 Å². The van der Waals surface area contributed by atoms with Crippen LogP contribution in [0.25, 0.3) is 0 Å². The van der Waals surface area contributed by atoms with Gasteiger partial charge in [0.15, 0.2) is 0 Å². The van der Waals surface area contributed by atoms with Crippen LogP contribution in [0.4, 0.5) is 4.79 Å². The molecule has 0 radical (unpaired) electrons. The van der Waals surface area contributed by atoms with Crippen LogP contribution in [0.3, 0.4) is 0 Å². The highest BCUT2D eigenvalue weighted by molar-refractivity contribution is 5.75. The van der Waals surface area contributed by atoms with Gasteiger partial charge < -0.3 is 15.1 Å². The smallest absolute Gasteiger partial charge is 0.318 e. The van der Waals surface area contributed by atoms with Crippen molar-refractivity contribution >= 4 is 6.03 Å². The van der Waals surface area contributed by atoms with E-state index in [0.29, 0.717) is 24.5 Å². The average molecular weight is 342 g/mol. The van der Waals surface area contributed by atoms with Crippen molar-refractivity contribution in [1.82, 2.24) is 20.1 Å². The van der Waals surface area contributed by atoms with Gasteiger partial charge in [-0.25, -0.2) is 4.79 Å². The molecule has 1 atom stereocenters. The molecule has 2 amide bonds. The zero-order valence-electron chi connectivity index (χ0n) is 15.1. The Hall–Kier alpha value is -1.62. The van der Waals surface area contributed by atoms with Gasteiger partial charge in [0, 0.05) is 37.6 Å². The fourth-order valence-electron chi connectivity index (χ4n) is 4.82. The van der Waals surface area contributed by atoms with Crippen LogP contribution in [-0.4, -0.2) is 52.5 Å². The summed E-state index contributed by atoms with van der Waals surface area (Å²) in [4.78, 5) is 22.0.